The van der Waals surface area contributed by atoms with Crippen LogP contribution in [0.25, 0.3) is 10.9 Å². The molecule has 4 nitrogen and oxygen atoms in total. The van der Waals surface area contributed by atoms with Crippen LogP contribution in [0.1, 0.15) is 25.8 Å². The number of hydrogen-bond donors (Lipinski definition) is 2. The fraction of sp³-hybridized carbons (Fsp3) is 0.471. The first-order valence-electron chi connectivity index (χ1n) is 7.78. The van der Waals surface area contributed by atoms with E-state index in [0.29, 0.717) is 6.54 Å². The molecular formula is C17H25N3O. The number of aromatic amines is 1. The van der Waals surface area contributed by atoms with Gasteiger partial charge >= 0.3 is 0 Å². The lowest BCUT2D eigenvalue weighted by molar-refractivity contribution is 0.298. The Hall–Kier alpha value is -1.65. The molecule has 0 unspecified atom stereocenters. The number of H-pyrrole nitrogens is 1. The molecule has 0 atom stereocenters. The summed E-state index contributed by atoms with van der Waals surface area (Å²) in [5.74, 6) is 0. The third-order valence-corrected chi connectivity index (χ3v) is 3.87. The van der Waals surface area contributed by atoms with Crippen molar-refractivity contribution in [2.75, 3.05) is 26.2 Å². The minimum Gasteiger partial charge on any atom is -0.322 e. The molecule has 2 N–H and O–H groups in total. The molecule has 2 rings (SSSR count). The predicted octanol–water partition coefficient (Wildman–Crippen LogP) is 2.35. The van der Waals surface area contributed by atoms with Gasteiger partial charge in [-0.05, 0) is 50.1 Å². The molecule has 114 valence electrons. The van der Waals surface area contributed by atoms with E-state index in [1.807, 2.05) is 30.3 Å². The van der Waals surface area contributed by atoms with Crippen LogP contribution < -0.4 is 10.9 Å². The number of hydrogen-bond acceptors (Lipinski definition) is 3. The summed E-state index contributed by atoms with van der Waals surface area (Å²) in [5.41, 5.74) is 1.70. The quantitative estimate of drug-likeness (QED) is 0.733. The Morgan fingerprint density at radius 3 is 2.71 bits per heavy atom. The fourth-order valence-corrected chi connectivity index (χ4v) is 2.51. The first-order chi connectivity index (χ1) is 10.2. The number of aromatic nitrogens is 1. The van der Waals surface area contributed by atoms with Gasteiger partial charge in [-0.2, -0.15) is 0 Å². The van der Waals surface area contributed by atoms with Gasteiger partial charge in [0.2, 0.25) is 0 Å². The summed E-state index contributed by atoms with van der Waals surface area (Å²) in [7, 11) is 0. The summed E-state index contributed by atoms with van der Waals surface area (Å²) >= 11 is 0. The smallest absolute Gasteiger partial charge is 0.252 e. The van der Waals surface area contributed by atoms with Crippen LogP contribution in [-0.4, -0.2) is 36.1 Å². The number of nitrogens with one attached hydrogen (secondary N) is 2. The van der Waals surface area contributed by atoms with E-state index in [-0.39, 0.29) is 5.56 Å². The molecule has 2 aromatic rings. The summed E-state index contributed by atoms with van der Waals surface area (Å²) in [6, 6.07) is 9.85. The summed E-state index contributed by atoms with van der Waals surface area (Å²) in [5, 5.41) is 4.44. The van der Waals surface area contributed by atoms with Gasteiger partial charge < -0.3 is 15.2 Å². The van der Waals surface area contributed by atoms with E-state index in [9.17, 15) is 4.79 Å². The van der Waals surface area contributed by atoms with Gasteiger partial charge in [0.15, 0.2) is 0 Å². The van der Waals surface area contributed by atoms with Crippen LogP contribution in [0.4, 0.5) is 0 Å². The van der Waals surface area contributed by atoms with Crippen LogP contribution in [0.15, 0.2) is 35.1 Å². The molecule has 4 heteroatoms. The zero-order chi connectivity index (χ0) is 15.1. The van der Waals surface area contributed by atoms with Crippen molar-refractivity contribution in [3.8, 4) is 0 Å². The predicted molar refractivity (Wildman–Crippen MR) is 88.7 cm³/mol. The second-order valence-electron chi connectivity index (χ2n) is 5.27. The van der Waals surface area contributed by atoms with Crippen molar-refractivity contribution in [1.29, 1.82) is 0 Å². The maximum absolute atomic E-state index is 12.0. The zero-order valence-electron chi connectivity index (χ0n) is 13.0. The van der Waals surface area contributed by atoms with Crippen molar-refractivity contribution in [1.82, 2.24) is 15.2 Å². The van der Waals surface area contributed by atoms with Gasteiger partial charge in [-0.15, -0.1) is 0 Å². The highest BCUT2D eigenvalue weighted by Gasteiger charge is 2.02. The third kappa shape index (κ3) is 4.41. The molecule has 0 spiro atoms. The monoisotopic (exact) mass is 287 g/mol. The zero-order valence-corrected chi connectivity index (χ0v) is 13.0. The van der Waals surface area contributed by atoms with E-state index < -0.39 is 0 Å². The van der Waals surface area contributed by atoms with E-state index in [0.717, 1.165) is 49.1 Å². The Balaban J connectivity index is 1.86. The average molecular weight is 287 g/mol. The van der Waals surface area contributed by atoms with Crippen LogP contribution >= 0.6 is 0 Å². The Bertz CT molecular complexity index is 617. The molecule has 0 amide bonds. The molecule has 1 aromatic carbocycles. The van der Waals surface area contributed by atoms with Crippen molar-refractivity contribution in [3.63, 3.8) is 0 Å². The highest BCUT2D eigenvalue weighted by atomic mass is 16.1. The standard InChI is InChI=1S/C17H25N3O/c1-3-20(4-2)11-7-10-18-13-15-12-14-8-5-6-9-16(14)19-17(15)21/h5-6,8-9,12,18H,3-4,7,10-11,13H2,1-2H3,(H,19,21). The fourth-order valence-electron chi connectivity index (χ4n) is 2.51. The normalized spacial score (nSPS) is 11.4. The largest absolute Gasteiger partial charge is 0.322 e. The van der Waals surface area contributed by atoms with Crippen molar-refractivity contribution < 1.29 is 0 Å². The van der Waals surface area contributed by atoms with Crippen molar-refractivity contribution in [2.45, 2.75) is 26.8 Å². The van der Waals surface area contributed by atoms with E-state index >= 15 is 0 Å². The van der Waals surface area contributed by atoms with Crippen LogP contribution in [-0.2, 0) is 6.54 Å². The molecular weight excluding hydrogens is 262 g/mol. The first-order valence-corrected chi connectivity index (χ1v) is 7.78. The number of pyridine rings is 1. The first kappa shape index (κ1) is 15.7. The van der Waals surface area contributed by atoms with Gasteiger partial charge in [-0.3, -0.25) is 4.79 Å². The van der Waals surface area contributed by atoms with Crippen molar-refractivity contribution in [2.24, 2.45) is 0 Å². The Kier molecular flexibility index (Phi) is 5.96. The lowest BCUT2D eigenvalue weighted by Gasteiger charge is -2.17. The van der Waals surface area contributed by atoms with Gasteiger partial charge in [0.1, 0.15) is 0 Å². The molecule has 1 aromatic heterocycles. The van der Waals surface area contributed by atoms with Crippen molar-refractivity contribution in [3.05, 3.63) is 46.2 Å². The molecule has 1 heterocycles. The lowest BCUT2D eigenvalue weighted by Crippen LogP contribution is -2.28. The number of nitrogens with zero attached hydrogens (tertiary/aromatic N) is 1. The molecule has 0 saturated carbocycles. The number of benzene rings is 1. The van der Waals surface area contributed by atoms with Crippen LogP contribution in [0.3, 0.4) is 0 Å². The summed E-state index contributed by atoms with van der Waals surface area (Å²) in [6.45, 7) is 9.23. The molecule has 0 radical (unpaired) electrons. The second kappa shape index (κ2) is 7.96. The van der Waals surface area contributed by atoms with Crippen molar-refractivity contribution >= 4 is 10.9 Å². The van der Waals surface area contributed by atoms with E-state index in [4.69, 9.17) is 0 Å². The lowest BCUT2D eigenvalue weighted by atomic mass is 10.1. The summed E-state index contributed by atoms with van der Waals surface area (Å²) in [4.78, 5) is 17.3. The molecule has 0 fully saturated rings. The van der Waals surface area contributed by atoms with Crippen LogP contribution in [0.5, 0.6) is 0 Å². The molecule has 21 heavy (non-hydrogen) atoms. The van der Waals surface area contributed by atoms with Gasteiger partial charge in [0, 0.05) is 17.6 Å². The molecule has 0 aliphatic carbocycles. The molecule has 0 saturated heterocycles. The Labute approximate surface area is 126 Å². The van der Waals surface area contributed by atoms with Gasteiger partial charge in [0.05, 0.1) is 0 Å². The Morgan fingerprint density at radius 1 is 1.19 bits per heavy atom. The van der Waals surface area contributed by atoms with Gasteiger partial charge in [0.25, 0.3) is 5.56 Å². The highest BCUT2D eigenvalue weighted by molar-refractivity contribution is 5.78. The summed E-state index contributed by atoms with van der Waals surface area (Å²) < 4.78 is 0. The van der Waals surface area contributed by atoms with E-state index in [1.165, 1.54) is 0 Å². The number of fused-ring (bicyclic) bond motifs is 1. The molecule has 0 aliphatic heterocycles. The maximum Gasteiger partial charge on any atom is 0.252 e. The van der Waals surface area contributed by atoms with Crippen LogP contribution in [0, 0.1) is 0 Å². The summed E-state index contributed by atoms with van der Waals surface area (Å²) in [6.07, 6.45) is 1.10. The van der Waals surface area contributed by atoms with Gasteiger partial charge in [-0.25, -0.2) is 0 Å². The maximum atomic E-state index is 12.0. The highest BCUT2D eigenvalue weighted by Crippen LogP contribution is 2.09. The second-order valence-corrected chi connectivity index (χ2v) is 5.27. The molecule has 0 bridgehead atoms. The topological polar surface area (TPSA) is 48.1 Å². The van der Waals surface area contributed by atoms with Crippen LogP contribution in [0.2, 0.25) is 0 Å². The Morgan fingerprint density at radius 2 is 1.95 bits per heavy atom. The number of para-hydroxylation sites is 1. The number of rotatable bonds is 8. The minimum atomic E-state index is 0.00458. The van der Waals surface area contributed by atoms with E-state index in [1.54, 1.807) is 0 Å². The minimum absolute atomic E-state index is 0.00458. The third-order valence-electron chi connectivity index (χ3n) is 3.87. The molecule has 0 aliphatic rings. The van der Waals surface area contributed by atoms with E-state index in [2.05, 4.69) is 29.0 Å². The average Bonchev–Trinajstić information content (AvgIpc) is 2.51. The SMILES string of the molecule is CCN(CC)CCCNCc1cc2ccccc2[nH]c1=O. The van der Waals surface area contributed by atoms with Gasteiger partial charge in [-0.1, -0.05) is 32.0 Å².